The van der Waals surface area contributed by atoms with Crippen molar-refractivity contribution in [3.05, 3.63) is 41.6 Å². The minimum absolute atomic E-state index is 0.0582. The summed E-state index contributed by atoms with van der Waals surface area (Å²) < 4.78 is 0. The Morgan fingerprint density at radius 3 is 2.62 bits per heavy atom. The molecule has 1 amide bonds. The fraction of sp³-hybridized carbons (Fsp3) is 0.267. The van der Waals surface area contributed by atoms with Gasteiger partial charge in [-0.25, -0.2) is 10.4 Å². The van der Waals surface area contributed by atoms with Crippen molar-refractivity contribution in [2.24, 2.45) is 10.1 Å². The SMILES string of the molecule is O=C1NC(N/N=C\[C@H](O)[C@H](O)[C@H](O)CO)=N/C1=C/c1ccccc1. The molecule has 0 bridgehead atoms. The molecule has 0 radical (unpaired) electrons. The maximum atomic E-state index is 11.8. The molecule has 0 saturated carbocycles. The molecule has 0 spiro atoms. The molecule has 3 atom stereocenters. The van der Waals surface area contributed by atoms with Crippen LogP contribution >= 0.6 is 0 Å². The monoisotopic (exact) mass is 334 g/mol. The largest absolute Gasteiger partial charge is 0.394 e. The molecule has 9 nitrogen and oxygen atoms in total. The first kappa shape index (κ1) is 17.8. The van der Waals surface area contributed by atoms with E-state index in [0.717, 1.165) is 11.8 Å². The van der Waals surface area contributed by atoms with Gasteiger partial charge in [-0.15, -0.1) is 0 Å². The number of carbonyl (C=O) groups excluding carboxylic acids is 1. The maximum absolute atomic E-state index is 11.8. The predicted octanol–water partition coefficient (Wildman–Crippen LogP) is -1.84. The highest BCUT2D eigenvalue weighted by Gasteiger charge is 2.23. The Hall–Kier alpha value is -2.59. The minimum Gasteiger partial charge on any atom is -0.394 e. The van der Waals surface area contributed by atoms with Gasteiger partial charge in [0.2, 0.25) is 5.96 Å². The number of aliphatic imine (C=N–C) groups is 1. The van der Waals surface area contributed by atoms with Crippen LogP contribution in [0.1, 0.15) is 5.56 Å². The highest BCUT2D eigenvalue weighted by Crippen LogP contribution is 2.11. The summed E-state index contributed by atoms with van der Waals surface area (Å²) in [4.78, 5) is 15.8. The zero-order chi connectivity index (χ0) is 17.5. The lowest BCUT2D eigenvalue weighted by Crippen LogP contribution is -2.41. The van der Waals surface area contributed by atoms with E-state index < -0.39 is 30.8 Å². The van der Waals surface area contributed by atoms with Crippen LogP contribution < -0.4 is 10.7 Å². The average Bonchev–Trinajstić information content (AvgIpc) is 2.93. The minimum atomic E-state index is -1.59. The number of benzene rings is 1. The Bertz CT molecular complexity index is 659. The summed E-state index contributed by atoms with van der Waals surface area (Å²) in [5, 5.41) is 42.9. The van der Waals surface area contributed by atoms with E-state index in [-0.39, 0.29) is 11.7 Å². The van der Waals surface area contributed by atoms with Crippen molar-refractivity contribution >= 4 is 24.2 Å². The van der Waals surface area contributed by atoms with Crippen LogP contribution in [0.2, 0.25) is 0 Å². The van der Waals surface area contributed by atoms with Gasteiger partial charge >= 0.3 is 0 Å². The van der Waals surface area contributed by atoms with Gasteiger partial charge in [-0.05, 0) is 11.6 Å². The Morgan fingerprint density at radius 2 is 1.96 bits per heavy atom. The lowest BCUT2D eigenvalue weighted by atomic mass is 10.1. The van der Waals surface area contributed by atoms with Gasteiger partial charge in [0.15, 0.2) is 0 Å². The maximum Gasteiger partial charge on any atom is 0.276 e. The van der Waals surface area contributed by atoms with Crippen molar-refractivity contribution in [2.75, 3.05) is 6.61 Å². The third-order valence-electron chi connectivity index (χ3n) is 3.13. The first-order chi connectivity index (χ1) is 11.5. The second-order valence-electron chi connectivity index (χ2n) is 4.98. The smallest absolute Gasteiger partial charge is 0.276 e. The van der Waals surface area contributed by atoms with Crippen molar-refractivity contribution in [1.29, 1.82) is 0 Å². The molecule has 1 aliphatic rings. The second-order valence-corrected chi connectivity index (χ2v) is 4.98. The van der Waals surface area contributed by atoms with Gasteiger partial charge in [-0.2, -0.15) is 5.10 Å². The molecular weight excluding hydrogens is 316 g/mol. The number of guanidine groups is 1. The first-order valence-electron chi connectivity index (χ1n) is 7.12. The average molecular weight is 334 g/mol. The lowest BCUT2D eigenvalue weighted by Gasteiger charge is -2.17. The van der Waals surface area contributed by atoms with E-state index in [4.69, 9.17) is 5.11 Å². The van der Waals surface area contributed by atoms with Crippen LogP contribution in [0, 0.1) is 0 Å². The van der Waals surface area contributed by atoms with Crippen LogP contribution in [0.25, 0.3) is 6.08 Å². The Labute approximate surface area is 137 Å². The molecule has 1 aromatic carbocycles. The topological polar surface area (TPSA) is 147 Å². The van der Waals surface area contributed by atoms with Gasteiger partial charge < -0.3 is 20.4 Å². The first-order valence-corrected chi connectivity index (χ1v) is 7.12. The van der Waals surface area contributed by atoms with Crippen LogP contribution in [0.4, 0.5) is 0 Å². The zero-order valence-corrected chi connectivity index (χ0v) is 12.6. The molecular formula is C15H18N4O5. The van der Waals surface area contributed by atoms with Crippen LogP contribution in [0.15, 0.2) is 46.1 Å². The van der Waals surface area contributed by atoms with Crippen LogP contribution in [-0.4, -0.2) is 63.4 Å². The summed E-state index contributed by atoms with van der Waals surface area (Å²) >= 11 is 0. The van der Waals surface area contributed by atoms with Gasteiger partial charge in [0.1, 0.15) is 24.0 Å². The molecule has 24 heavy (non-hydrogen) atoms. The number of aliphatic hydroxyl groups is 4. The number of hydrazone groups is 1. The zero-order valence-electron chi connectivity index (χ0n) is 12.6. The van der Waals surface area contributed by atoms with Crippen LogP contribution in [-0.2, 0) is 4.79 Å². The Kier molecular flexibility index (Phi) is 6.15. The standard InChI is InChI=1S/C15H18N4O5/c20-8-12(22)13(23)11(21)7-16-19-15-17-10(14(24)18-15)6-9-4-2-1-3-5-9/h1-7,11-13,20-23H,8H2,(H2,17,18,19,24)/b10-6+,16-7-/t11-,12+,13-/m0/s1. The lowest BCUT2D eigenvalue weighted by molar-refractivity contribution is -0.115. The Morgan fingerprint density at radius 1 is 1.25 bits per heavy atom. The fourth-order valence-electron chi connectivity index (χ4n) is 1.83. The quantitative estimate of drug-likeness (QED) is 0.205. The van der Waals surface area contributed by atoms with E-state index in [1.165, 1.54) is 0 Å². The third-order valence-corrected chi connectivity index (χ3v) is 3.13. The van der Waals surface area contributed by atoms with Crippen LogP contribution in [0.5, 0.6) is 0 Å². The highest BCUT2D eigenvalue weighted by atomic mass is 16.4. The summed E-state index contributed by atoms with van der Waals surface area (Å²) in [7, 11) is 0. The molecule has 0 aromatic heterocycles. The molecule has 2 rings (SSSR count). The van der Waals surface area contributed by atoms with E-state index in [1.807, 2.05) is 30.3 Å². The van der Waals surface area contributed by atoms with Crippen molar-refractivity contribution in [2.45, 2.75) is 18.3 Å². The summed E-state index contributed by atoms with van der Waals surface area (Å²) in [5.74, 6) is -0.351. The van der Waals surface area contributed by atoms with Crippen molar-refractivity contribution in [3.63, 3.8) is 0 Å². The van der Waals surface area contributed by atoms with E-state index in [0.29, 0.717) is 0 Å². The van der Waals surface area contributed by atoms with E-state index in [1.54, 1.807) is 6.08 Å². The number of nitrogens with zero attached hydrogens (tertiary/aromatic N) is 2. The molecule has 9 heteroatoms. The van der Waals surface area contributed by atoms with Gasteiger partial charge in [0.05, 0.1) is 12.8 Å². The van der Waals surface area contributed by atoms with Crippen molar-refractivity contribution < 1.29 is 25.2 Å². The van der Waals surface area contributed by atoms with E-state index in [9.17, 15) is 20.1 Å². The Balaban J connectivity index is 1.96. The van der Waals surface area contributed by atoms with Crippen molar-refractivity contribution in [1.82, 2.24) is 10.7 Å². The highest BCUT2D eigenvalue weighted by molar-refractivity contribution is 6.13. The van der Waals surface area contributed by atoms with Gasteiger partial charge in [0, 0.05) is 0 Å². The van der Waals surface area contributed by atoms with E-state index in [2.05, 4.69) is 20.8 Å². The van der Waals surface area contributed by atoms with E-state index >= 15 is 0 Å². The van der Waals surface area contributed by atoms with Gasteiger partial charge in [-0.3, -0.25) is 10.1 Å². The van der Waals surface area contributed by atoms with Gasteiger partial charge in [0.25, 0.3) is 5.91 Å². The number of nitrogens with one attached hydrogen (secondary N) is 2. The molecule has 0 aliphatic carbocycles. The molecule has 6 N–H and O–H groups in total. The molecule has 1 heterocycles. The van der Waals surface area contributed by atoms with Crippen LogP contribution in [0.3, 0.4) is 0 Å². The molecule has 128 valence electrons. The number of rotatable bonds is 6. The summed E-state index contributed by atoms with van der Waals surface area (Å²) in [6, 6.07) is 9.17. The van der Waals surface area contributed by atoms with Gasteiger partial charge in [-0.1, -0.05) is 30.3 Å². The predicted molar refractivity (Wildman–Crippen MR) is 86.7 cm³/mol. The summed E-state index contributed by atoms with van der Waals surface area (Å²) in [5.41, 5.74) is 3.40. The number of hydrogen-bond donors (Lipinski definition) is 6. The summed E-state index contributed by atoms with van der Waals surface area (Å²) in [6.07, 6.45) is -2.07. The molecule has 1 aliphatic heterocycles. The second kappa shape index (κ2) is 8.31. The molecule has 0 unspecified atom stereocenters. The third kappa shape index (κ3) is 4.70. The number of carbonyl (C=O) groups is 1. The van der Waals surface area contributed by atoms with Crippen molar-refractivity contribution in [3.8, 4) is 0 Å². The molecule has 0 saturated heterocycles. The molecule has 0 fully saturated rings. The number of aliphatic hydroxyl groups excluding tert-OH is 4. The number of hydrogen-bond acceptors (Lipinski definition) is 8. The number of amides is 1. The fourth-order valence-corrected chi connectivity index (χ4v) is 1.83. The molecule has 1 aromatic rings. The normalized spacial score (nSPS) is 19.9. The summed E-state index contributed by atoms with van der Waals surface area (Å²) in [6.45, 7) is -0.699.